The third kappa shape index (κ3) is 4.14. The fourth-order valence-corrected chi connectivity index (χ4v) is 3.58. The lowest BCUT2D eigenvalue weighted by molar-refractivity contribution is -0.169. The Labute approximate surface area is 159 Å². The molecule has 0 unspecified atom stereocenters. The van der Waals surface area contributed by atoms with Crippen LogP contribution in [-0.2, 0) is 16.0 Å². The summed E-state index contributed by atoms with van der Waals surface area (Å²) in [6.45, 7) is 5.80. The van der Waals surface area contributed by atoms with Crippen LogP contribution in [0, 0.1) is 6.92 Å². The van der Waals surface area contributed by atoms with E-state index in [1.165, 1.54) is 0 Å². The molecule has 0 atom stereocenters. The molecule has 7 heteroatoms. The molecule has 0 bridgehead atoms. The Kier molecular flexibility index (Phi) is 5.13. The average molecular weight is 370 g/mol. The Morgan fingerprint density at radius 3 is 2.48 bits per heavy atom. The van der Waals surface area contributed by atoms with E-state index in [2.05, 4.69) is 15.2 Å². The molecule has 27 heavy (non-hydrogen) atoms. The summed E-state index contributed by atoms with van der Waals surface area (Å²) in [6, 6.07) is 10.0. The van der Waals surface area contributed by atoms with Crippen LogP contribution in [0.1, 0.15) is 24.1 Å². The standard InChI is InChI=1S/C20H26N4O3/c1-15-13-18(24-9-7-20(8-10-24)26-11-12-27-20)23-19(22-15)21-14-16-3-5-17(25-2)6-4-16/h3-6,13H,7-12,14H2,1-2H3,(H,21,22,23). The van der Waals surface area contributed by atoms with Gasteiger partial charge in [0.2, 0.25) is 5.95 Å². The fraction of sp³-hybridized carbons (Fsp3) is 0.500. The zero-order chi connectivity index (χ0) is 18.7. The van der Waals surface area contributed by atoms with Gasteiger partial charge in [0.05, 0.1) is 20.3 Å². The molecule has 1 aromatic heterocycles. The zero-order valence-corrected chi connectivity index (χ0v) is 15.9. The smallest absolute Gasteiger partial charge is 0.225 e. The number of hydrogen-bond acceptors (Lipinski definition) is 7. The van der Waals surface area contributed by atoms with Crippen LogP contribution in [0.4, 0.5) is 11.8 Å². The lowest BCUT2D eigenvalue weighted by atomic mass is 10.0. The lowest BCUT2D eigenvalue weighted by Gasteiger charge is -2.38. The summed E-state index contributed by atoms with van der Waals surface area (Å²) in [4.78, 5) is 11.5. The predicted molar refractivity (Wildman–Crippen MR) is 103 cm³/mol. The predicted octanol–water partition coefficient (Wildman–Crippen LogP) is 2.75. The van der Waals surface area contributed by atoms with Crippen molar-refractivity contribution in [2.24, 2.45) is 0 Å². The van der Waals surface area contributed by atoms with Crippen LogP contribution < -0.4 is 15.0 Å². The fourth-order valence-electron chi connectivity index (χ4n) is 3.58. The summed E-state index contributed by atoms with van der Waals surface area (Å²) in [6.07, 6.45) is 1.73. The van der Waals surface area contributed by atoms with Crippen LogP contribution in [-0.4, -0.2) is 49.2 Å². The topological polar surface area (TPSA) is 68.7 Å². The number of benzene rings is 1. The molecule has 7 nitrogen and oxygen atoms in total. The molecule has 0 radical (unpaired) electrons. The third-order valence-corrected chi connectivity index (χ3v) is 5.11. The van der Waals surface area contributed by atoms with Gasteiger partial charge in [0, 0.05) is 44.2 Å². The first-order valence-corrected chi connectivity index (χ1v) is 9.41. The highest BCUT2D eigenvalue weighted by Crippen LogP contribution is 2.33. The monoisotopic (exact) mass is 370 g/mol. The molecule has 2 aromatic rings. The first kappa shape index (κ1) is 18.0. The number of methoxy groups -OCH3 is 1. The summed E-state index contributed by atoms with van der Waals surface area (Å²) >= 11 is 0. The van der Waals surface area contributed by atoms with Crippen molar-refractivity contribution in [1.29, 1.82) is 0 Å². The first-order chi connectivity index (χ1) is 13.2. The van der Waals surface area contributed by atoms with E-state index in [1.807, 2.05) is 37.3 Å². The van der Waals surface area contributed by atoms with Crippen molar-refractivity contribution in [3.8, 4) is 5.75 Å². The van der Waals surface area contributed by atoms with E-state index < -0.39 is 0 Å². The Morgan fingerprint density at radius 2 is 1.81 bits per heavy atom. The molecular weight excluding hydrogens is 344 g/mol. The molecule has 2 fully saturated rings. The number of anilines is 2. The molecule has 1 aromatic carbocycles. The molecule has 2 saturated heterocycles. The number of ether oxygens (including phenoxy) is 3. The largest absolute Gasteiger partial charge is 0.497 e. The number of aryl methyl sites for hydroxylation is 1. The van der Waals surface area contributed by atoms with E-state index in [1.54, 1.807) is 7.11 Å². The Balaban J connectivity index is 1.40. The van der Waals surface area contributed by atoms with Gasteiger partial charge < -0.3 is 24.4 Å². The van der Waals surface area contributed by atoms with Gasteiger partial charge in [-0.2, -0.15) is 4.98 Å². The molecular formula is C20H26N4O3. The second-order valence-corrected chi connectivity index (χ2v) is 6.99. The Hall–Kier alpha value is -2.38. The molecule has 0 aliphatic carbocycles. The van der Waals surface area contributed by atoms with E-state index in [-0.39, 0.29) is 5.79 Å². The number of rotatable bonds is 5. The van der Waals surface area contributed by atoms with Crippen molar-refractivity contribution in [2.45, 2.75) is 32.1 Å². The number of piperidine rings is 1. The zero-order valence-electron chi connectivity index (χ0n) is 15.9. The van der Waals surface area contributed by atoms with Crippen molar-refractivity contribution in [2.75, 3.05) is 43.6 Å². The summed E-state index contributed by atoms with van der Waals surface area (Å²) in [5, 5.41) is 3.33. The van der Waals surface area contributed by atoms with Crippen LogP contribution in [0.3, 0.4) is 0 Å². The summed E-state index contributed by atoms with van der Waals surface area (Å²) in [5.74, 6) is 2.08. The maximum absolute atomic E-state index is 5.81. The molecule has 1 spiro atoms. The molecule has 144 valence electrons. The lowest BCUT2D eigenvalue weighted by Crippen LogP contribution is -2.45. The van der Waals surface area contributed by atoms with Crippen LogP contribution in [0.5, 0.6) is 5.75 Å². The average Bonchev–Trinajstić information content (AvgIpc) is 3.15. The maximum atomic E-state index is 5.81. The number of aromatic nitrogens is 2. The van der Waals surface area contributed by atoms with Gasteiger partial charge in [0.1, 0.15) is 11.6 Å². The number of nitrogens with zero attached hydrogens (tertiary/aromatic N) is 3. The van der Waals surface area contributed by atoms with Gasteiger partial charge in [-0.25, -0.2) is 4.98 Å². The van der Waals surface area contributed by atoms with Crippen molar-refractivity contribution < 1.29 is 14.2 Å². The van der Waals surface area contributed by atoms with Gasteiger partial charge in [-0.05, 0) is 24.6 Å². The minimum atomic E-state index is -0.367. The molecule has 0 saturated carbocycles. The second-order valence-electron chi connectivity index (χ2n) is 6.99. The molecule has 2 aliphatic heterocycles. The number of hydrogen-bond donors (Lipinski definition) is 1. The third-order valence-electron chi connectivity index (χ3n) is 5.11. The summed E-state index contributed by atoms with van der Waals surface area (Å²) in [7, 11) is 1.67. The van der Waals surface area contributed by atoms with E-state index in [0.29, 0.717) is 25.7 Å². The normalized spacial score (nSPS) is 18.7. The van der Waals surface area contributed by atoms with Crippen LogP contribution >= 0.6 is 0 Å². The van der Waals surface area contributed by atoms with Crippen molar-refractivity contribution in [3.05, 3.63) is 41.6 Å². The van der Waals surface area contributed by atoms with Gasteiger partial charge in [0.25, 0.3) is 0 Å². The molecule has 0 amide bonds. The minimum absolute atomic E-state index is 0.367. The quantitative estimate of drug-likeness (QED) is 0.868. The van der Waals surface area contributed by atoms with Crippen molar-refractivity contribution in [3.63, 3.8) is 0 Å². The van der Waals surface area contributed by atoms with Crippen LogP contribution in [0.2, 0.25) is 0 Å². The SMILES string of the molecule is COc1ccc(CNc2nc(C)cc(N3CCC4(CC3)OCCO4)n2)cc1. The van der Waals surface area contributed by atoms with Gasteiger partial charge in [-0.3, -0.25) is 0 Å². The molecule has 1 N–H and O–H groups in total. The molecule has 3 heterocycles. The highest BCUT2D eigenvalue weighted by Gasteiger charge is 2.40. The second kappa shape index (κ2) is 7.70. The van der Waals surface area contributed by atoms with E-state index >= 15 is 0 Å². The maximum Gasteiger partial charge on any atom is 0.225 e. The highest BCUT2D eigenvalue weighted by molar-refractivity contribution is 5.45. The summed E-state index contributed by atoms with van der Waals surface area (Å²) in [5.41, 5.74) is 2.10. The van der Waals surface area contributed by atoms with E-state index in [4.69, 9.17) is 19.2 Å². The minimum Gasteiger partial charge on any atom is -0.497 e. The van der Waals surface area contributed by atoms with Crippen LogP contribution in [0.25, 0.3) is 0 Å². The van der Waals surface area contributed by atoms with Crippen molar-refractivity contribution in [1.82, 2.24) is 9.97 Å². The number of nitrogens with one attached hydrogen (secondary N) is 1. The van der Waals surface area contributed by atoms with Crippen LogP contribution in [0.15, 0.2) is 30.3 Å². The van der Waals surface area contributed by atoms with Gasteiger partial charge >= 0.3 is 0 Å². The van der Waals surface area contributed by atoms with Gasteiger partial charge in [-0.15, -0.1) is 0 Å². The Morgan fingerprint density at radius 1 is 1.11 bits per heavy atom. The molecule has 4 rings (SSSR count). The van der Waals surface area contributed by atoms with Gasteiger partial charge in [0.15, 0.2) is 5.79 Å². The van der Waals surface area contributed by atoms with E-state index in [9.17, 15) is 0 Å². The highest BCUT2D eigenvalue weighted by atomic mass is 16.7. The first-order valence-electron chi connectivity index (χ1n) is 9.41. The Bertz CT molecular complexity index is 765. The molecule has 2 aliphatic rings. The summed E-state index contributed by atoms with van der Waals surface area (Å²) < 4.78 is 16.8. The van der Waals surface area contributed by atoms with Crippen molar-refractivity contribution >= 4 is 11.8 Å². The van der Waals surface area contributed by atoms with Gasteiger partial charge in [-0.1, -0.05) is 12.1 Å². The van der Waals surface area contributed by atoms with E-state index in [0.717, 1.165) is 48.8 Å².